The number of fused-ring (bicyclic) bond motifs is 1. The van der Waals surface area contributed by atoms with Gasteiger partial charge in [-0.05, 0) is 12.8 Å². The lowest BCUT2D eigenvalue weighted by molar-refractivity contribution is -0.141. The lowest BCUT2D eigenvalue weighted by Gasteiger charge is -2.18. The van der Waals surface area contributed by atoms with Crippen LogP contribution in [0.2, 0.25) is 0 Å². The molecule has 2 heterocycles. The summed E-state index contributed by atoms with van der Waals surface area (Å²) in [6.45, 7) is 1.21. The van der Waals surface area contributed by atoms with E-state index in [9.17, 15) is 18.0 Å². The van der Waals surface area contributed by atoms with E-state index in [1.807, 2.05) is 0 Å². The summed E-state index contributed by atoms with van der Waals surface area (Å²) in [7, 11) is 0. The van der Waals surface area contributed by atoms with Crippen molar-refractivity contribution in [2.24, 2.45) is 0 Å². The summed E-state index contributed by atoms with van der Waals surface area (Å²) in [5, 5.41) is 6.52. The number of nitrogens with one attached hydrogen (secondary N) is 1. The number of hydrogen-bond acceptors (Lipinski definition) is 3. The van der Waals surface area contributed by atoms with Crippen molar-refractivity contribution in [3.05, 3.63) is 11.8 Å². The zero-order valence-electron chi connectivity index (χ0n) is 10.7. The number of rotatable bonds is 3. The molecule has 1 N–H and O–H groups in total. The molecule has 1 fully saturated rings. The van der Waals surface area contributed by atoms with Gasteiger partial charge < -0.3 is 10.1 Å². The summed E-state index contributed by atoms with van der Waals surface area (Å²) < 4.78 is 44.2. The van der Waals surface area contributed by atoms with Gasteiger partial charge in [0.25, 0.3) is 5.91 Å². The van der Waals surface area contributed by atoms with Crippen LogP contribution in [0.25, 0.3) is 0 Å². The van der Waals surface area contributed by atoms with E-state index < -0.39 is 24.0 Å². The van der Waals surface area contributed by atoms with Crippen molar-refractivity contribution in [3.8, 4) is 5.88 Å². The second-order valence-electron chi connectivity index (χ2n) is 5.32. The summed E-state index contributed by atoms with van der Waals surface area (Å²) in [5.74, 6) is -0.0840. The third kappa shape index (κ3) is 2.73. The normalized spacial score (nSPS) is 19.9. The number of nitrogens with zero attached hydrogens (tertiary/aromatic N) is 2. The van der Waals surface area contributed by atoms with Crippen molar-refractivity contribution in [2.75, 3.05) is 6.61 Å². The Bertz CT molecular complexity index is 511. The molecule has 1 aromatic rings. The summed E-state index contributed by atoms with van der Waals surface area (Å²) in [6.07, 6.45) is -3.77. The van der Waals surface area contributed by atoms with E-state index in [1.165, 1.54) is 6.07 Å². The van der Waals surface area contributed by atoms with Gasteiger partial charge in [-0.2, -0.15) is 18.3 Å². The number of aryl methyl sites for hydroxylation is 1. The molecule has 8 heteroatoms. The molecule has 1 aliphatic carbocycles. The molecule has 0 bridgehead atoms. The summed E-state index contributed by atoms with van der Waals surface area (Å²) in [5.41, 5.74) is -1.03. The van der Waals surface area contributed by atoms with Crippen LogP contribution in [-0.2, 0) is 6.54 Å². The lowest BCUT2D eigenvalue weighted by atomic mass is 10.1. The van der Waals surface area contributed by atoms with Gasteiger partial charge in [0.15, 0.2) is 5.69 Å². The second kappa shape index (κ2) is 4.39. The molecule has 0 saturated heterocycles. The van der Waals surface area contributed by atoms with Gasteiger partial charge >= 0.3 is 6.18 Å². The van der Waals surface area contributed by atoms with Crippen molar-refractivity contribution in [3.63, 3.8) is 0 Å². The lowest BCUT2D eigenvalue weighted by Crippen LogP contribution is -2.40. The molecule has 0 spiro atoms. The molecule has 0 atom stereocenters. The summed E-state index contributed by atoms with van der Waals surface area (Å²) in [4.78, 5) is 12.0. The number of ether oxygens (including phenoxy) is 1. The molecule has 1 saturated carbocycles. The average Bonchev–Trinajstić information content (AvgIpc) is 2.93. The van der Waals surface area contributed by atoms with E-state index in [-0.39, 0.29) is 5.69 Å². The number of alkyl halides is 3. The van der Waals surface area contributed by atoms with Crippen molar-refractivity contribution in [1.29, 1.82) is 0 Å². The van der Waals surface area contributed by atoms with Gasteiger partial charge in [0.05, 0.1) is 13.0 Å². The number of aromatic nitrogens is 2. The van der Waals surface area contributed by atoms with Crippen molar-refractivity contribution < 1.29 is 22.7 Å². The Morgan fingerprint density at radius 3 is 2.85 bits per heavy atom. The fraction of sp³-hybridized carbons (Fsp3) is 0.667. The Kier molecular flexibility index (Phi) is 2.91. The first-order valence-corrected chi connectivity index (χ1v) is 6.47. The topological polar surface area (TPSA) is 56.2 Å². The second-order valence-corrected chi connectivity index (χ2v) is 5.32. The van der Waals surface area contributed by atoms with Gasteiger partial charge in [0.2, 0.25) is 5.88 Å². The van der Waals surface area contributed by atoms with Crippen molar-refractivity contribution in [1.82, 2.24) is 15.1 Å². The Hall–Kier alpha value is -1.73. The van der Waals surface area contributed by atoms with Crippen molar-refractivity contribution in [2.45, 2.75) is 43.9 Å². The van der Waals surface area contributed by atoms with E-state index in [0.717, 1.165) is 6.42 Å². The number of halogens is 3. The smallest absolute Gasteiger partial charge is 0.391 e. The first-order chi connectivity index (χ1) is 9.37. The van der Waals surface area contributed by atoms with E-state index in [4.69, 9.17) is 4.74 Å². The fourth-order valence-electron chi connectivity index (χ4n) is 2.36. The molecule has 5 nitrogen and oxygen atoms in total. The molecule has 1 amide bonds. The maximum Gasteiger partial charge on any atom is 0.391 e. The van der Waals surface area contributed by atoms with Crippen LogP contribution in [0, 0.1) is 0 Å². The standard InChI is InChI=1S/C12H14F3N3O2/c13-12(14,15)7-11(2-3-11)16-10(19)8-6-9-18(17-8)4-1-5-20-9/h6H,1-5,7H2,(H,16,19). The van der Waals surface area contributed by atoms with Crippen LogP contribution < -0.4 is 10.1 Å². The van der Waals surface area contributed by atoms with E-state index in [2.05, 4.69) is 10.4 Å². The average molecular weight is 289 g/mol. The predicted octanol–water partition coefficient (Wildman–Crippen LogP) is 1.88. The number of amides is 1. The van der Waals surface area contributed by atoms with Gasteiger partial charge in [-0.25, -0.2) is 4.68 Å². The molecule has 110 valence electrons. The molecule has 0 unspecified atom stereocenters. The number of hydrogen-bond donors (Lipinski definition) is 1. The van der Waals surface area contributed by atoms with Crippen molar-refractivity contribution >= 4 is 5.91 Å². The van der Waals surface area contributed by atoms with Gasteiger partial charge in [-0.1, -0.05) is 0 Å². The summed E-state index contributed by atoms with van der Waals surface area (Å²) >= 11 is 0. The van der Waals surface area contributed by atoms with E-state index in [1.54, 1.807) is 4.68 Å². The maximum atomic E-state index is 12.4. The SMILES string of the molecule is O=C(NC1(CC(F)(F)F)CC1)c1cc2n(n1)CCCO2. The number of carbonyl (C=O) groups is 1. The van der Waals surface area contributed by atoms with E-state index in [0.29, 0.717) is 31.9 Å². The third-order valence-corrected chi connectivity index (χ3v) is 3.51. The molecule has 0 aromatic carbocycles. The highest BCUT2D eigenvalue weighted by molar-refractivity contribution is 5.93. The molecule has 1 aliphatic heterocycles. The van der Waals surface area contributed by atoms with Crippen LogP contribution in [0.3, 0.4) is 0 Å². The highest BCUT2D eigenvalue weighted by atomic mass is 19.4. The van der Waals surface area contributed by atoms with Crippen LogP contribution in [0.5, 0.6) is 5.88 Å². The van der Waals surface area contributed by atoms with Gasteiger partial charge in [0.1, 0.15) is 0 Å². The quantitative estimate of drug-likeness (QED) is 0.924. The Labute approximate surface area is 113 Å². The first-order valence-electron chi connectivity index (χ1n) is 6.47. The highest BCUT2D eigenvalue weighted by Crippen LogP contribution is 2.44. The van der Waals surface area contributed by atoms with E-state index >= 15 is 0 Å². The van der Waals surface area contributed by atoms with Gasteiger partial charge in [-0.15, -0.1) is 0 Å². The minimum atomic E-state index is -4.28. The van der Waals surface area contributed by atoms with Gasteiger partial charge in [-0.3, -0.25) is 4.79 Å². The fourth-order valence-corrected chi connectivity index (χ4v) is 2.36. The van der Waals surface area contributed by atoms with Crippen LogP contribution in [0.1, 0.15) is 36.2 Å². The predicted molar refractivity (Wildman–Crippen MR) is 62.4 cm³/mol. The molecule has 1 aromatic heterocycles. The Morgan fingerprint density at radius 2 is 2.25 bits per heavy atom. The zero-order chi connectivity index (χ0) is 14.4. The molecular weight excluding hydrogens is 275 g/mol. The van der Waals surface area contributed by atoms with Crippen LogP contribution >= 0.6 is 0 Å². The Balaban J connectivity index is 1.69. The highest BCUT2D eigenvalue weighted by Gasteiger charge is 2.51. The minimum absolute atomic E-state index is 0.107. The minimum Gasteiger partial charge on any atom is -0.478 e. The molecule has 20 heavy (non-hydrogen) atoms. The summed E-state index contributed by atoms with van der Waals surface area (Å²) in [6, 6.07) is 1.47. The molecular formula is C12H14F3N3O2. The third-order valence-electron chi connectivity index (χ3n) is 3.51. The van der Waals surface area contributed by atoms with Crippen LogP contribution in [0.15, 0.2) is 6.07 Å². The van der Waals surface area contributed by atoms with Crippen LogP contribution in [0.4, 0.5) is 13.2 Å². The maximum absolute atomic E-state index is 12.4. The number of carbonyl (C=O) groups excluding carboxylic acids is 1. The molecule has 2 aliphatic rings. The largest absolute Gasteiger partial charge is 0.478 e. The molecule has 3 rings (SSSR count). The Morgan fingerprint density at radius 1 is 1.50 bits per heavy atom. The molecule has 0 radical (unpaired) electrons. The van der Waals surface area contributed by atoms with Gasteiger partial charge in [0, 0.05) is 24.6 Å². The first kappa shape index (κ1) is 13.3. The monoisotopic (exact) mass is 289 g/mol. The zero-order valence-corrected chi connectivity index (χ0v) is 10.7. The van der Waals surface area contributed by atoms with Crippen LogP contribution in [-0.4, -0.2) is 34.0 Å².